The quantitative estimate of drug-likeness (QED) is 0.401. The van der Waals surface area contributed by atoms with Crippen molar-refractivity contribution in [2.75, 3.05) is 37.4 Å². The highest BCUT2D eigenvalue weighted by Crippen LogP contribution is 2.34. The van der Waals surface area contributed by atoms with E-state index in [9.17, 15) is 23.3 Å². The molecule has 36 heavy (non-hydrogen) atoms. The maximum Gasteiger partial charge on any atom is 0.573 e. The van der Waals surface area contributed by atoms with E-state index >= 15 is 0 Å². The van der Waals surface area contributed by atoms with Crippen LogP contribution in [0.15, 0.2) is 24.3 Å². The SMILES string of the molecule is Nc1nc(NCc2ccccc2OC(F)(F)F)nc(C[C@H]2CC[C@H](N3CCOCC3)CC2)c1[N+](=O)[O-]. The van der Waals surface area contributed by atoms with Crippen molar-refractivity contribution < 1.29 is 27.6 Å². The number of nitrogens with zero attached hydrogens (tertiary/aromatic N) is 4. The van der Waals surface area contributed by atoms with E-state index in [0.29, 0.717) is 12.5 Å². The number of nitrogens with two attached hydrogens (primary N) is 1. The lowest BCUT2D eigenvalue weighted by Gasteiger charge is -2.38. The van der Waals surface area contributed by atoms with Crippen LogP contribution in [0.3, 0.4) is 0 Å². The average molecular weight is 511 g/mol. The molecule has 2 aromatic rings. The third kappa shape index (κ3) is 6.72. The second kappa shape index (κ2) is 11.2. The molecule has 2 aliphatic rings. The number of ether oxygens (including phenoxy) is 2. The van der Waals surface area contributed by atoms with Crippen LogP contribution in [0, 0.1) is 16.0 Å². The van der Waals surface area contributed by atoms with E-state index in [2.05, 4.69) is 24.9 Å². The van der Waals surface area contributed by atoms with Gasteiger partial charge in [-0.2, -0.15) is 4.98 Å². The zero-order valence-electron chi connectivity index (χ0n) is 19.7. The minimum atomic E-state index is -4.83. The summed E-state index contributed by atoms with van der Waals surface area (Å²) in [6.07, 6.45) is -0.637. The number of nitro groups is 1. The highest BCUT2D eigenvalue weighted by molar-refractivity contribution is 5.58. The molecule has 1 aromatic heterocycles. The standard InChI is InChI=1S/C23H29F3N6O4/c24-23(25,26)36-19-4-2-1-3-16(19)14-28-22-29-18(20(32(33)34)21(27)30-22)13-15-5-7-17(8-6-15)31-9-11-35-12-10-31/h1-4,15,17H,5-14H2,(H3,27,28,29,30)/t15-,17-. The predicted octanol–water partition coefficient (Wildman–Crippen LogP) is 3.91. The second-order valence-corrected chi connectivity index (χ2v) is 9.02. The molecule has 1 aliphatic carbocycles. The first-order valence-corrected chi connectivity index (χ1v) is 11.9. The Balaban J connectivity index is 1.44. The number of aromatic nitrogens is 2. The summed E-state index contributed by atoms with van der Waals surface area (Å²) in [6, 6.07) is 6.16. The van der Waals surface area contributed by atoms with Crippen molar-refractivity contribution in [2.24, 2.45) is 5.92 Å². The van der Waals surface area contributed by atoms with Gasteiger partial charge in [-0.1, -0.05) is 18.2 Å². The van der Waals surface area contributed by atoms with Crippen molar-refractivity contribution in [3.8, 4) is 5.75 Å². The monoisotopic (exact) mass is 510 g/mol. The summed E-state index contributed by atoms with van der Waals surface area (Å²) in [4.78, 5) is 21.9. The van der Waals surface area contributed by atoms with E-state index in [0.717, 1.165) is 52.0 Å². The van der Waals surface area contributed by atoms with Crippen LogP contribution in [0.1, 0.15) is 36.9 Å². The van der Waals surface area contributed by atoms with E-state index in [1.165, 1.54) is 18.2 Å². The summed E-state index contributed by atoms with van der Waals surface area (Å²) in [5, 5.41) is 14.5. The van der Waals surface area contributed by atoms with Crippen molar-refractivity contribution in [1.82, 2.24) is 14.9 Å². The van der Waals surface area contributed by atoms with Gasteiger partial charge in [0.15, 0.2) is 0 Å². The fraction of sp³-hybridized carbons (Fsp3) is 0.565. The number of morpholine rings is 1. The molecule has 3 N–H and O–H groups in total. The lowest BCUT2D eigenvalue weighted by molar-refractivity contribution is -0.385. The summed E-state index contributed by atoms with van der Waals surface area (Å²) < 4.78 is 47.6. The summed E-state index contributed by atoms with van der Waals surface area (Å²) in [6.45, 7) is 3.25. The molecule has 0 spiro atoms. The molecule has 1 aromatic carbocycles. The Morgan fingerprint density at radius 1 is 1.17 bits per heavy atom. The first-order chi connectivity index (χ1) is 17.2. The first-order valence-electron chi connectivity index (χ1n) is 11.9. The third-order valence-electron chi connectivity index (χ3n) is 6.66. The van der Waals surface area contributed by atoms with Crippen LogP contribution in [0.4, 0.5) is 30.6 Å². The second-order valence-electron chi connectivity index (χ2n) is 9.02. The van der Waals surface area contributed by atoms with Crippen molar-refractivity contribution in [3.63, 3.8) is 0 Å². The lowest BCUT2D eigenvalue weighted by atomic mass is 9.82. The largest absolute Gasteiger partial charge is 0.573 e. The van der Waals surface area contributed by atoms with E-state index in [1.807, 2.05) is 0 Å². The summed E-state index contributed by atoms with van der Waals surface area (Å²) in [5.41, 5.74) is 6.03. The van der Waals surface area contributed by atoms with Gasteiger partial charge in [-0.05, 0) is 44.1 Å². The molecule has 4 rings (SSSR count). The molecule has 0 atom stereocenters. The number of nitrogens with one attached hydrogen (secondary N) is 1. The normalized spacial score (nSPS) is 21.2. The molecule has 10 nitrogen and oxygen atoms in total. The van der Waals surface area contributed by atoms with Crippen molar-refractivity contribution in [1.29, 1.82) is 0 Å². The Morgan fingerprint density at radius 2 is 1.86 bits per heavy atom. The number of hydrogen-bond donors (Lipinski definition) is 2. The van der Waals surface area contributed by atoms with Gasteiger partial charge in [-0.15, -0.1) is 13.2 Å². The molecule has 196 valence electrons. The molecule has 1 saturated heterocycles. The Kier molecular flexibility index (Phi) is 8.09. The number of hydrogen-bond acceptors (Lipinski definition) is 9. The molecule has 1 saturated carbocycles. The number of benzene rings is 1. The molecule has 2 heterocycles. The van der Waals surface area contributed by atoms with Gasteiger partial charge < -0.3 is 20.5 Å². The van der Waals surface area contributed by atoms with E-state index < -0.39 is 11.3 Å². The Hall–Kier alpha value is -3.19. The number of anilines is 2. The van der Waals surface area contributed by atoms with Gasteiger partial charge in [0, 0.05) is 31.2 Å². The van der Waals surface area contributed by atoms with Gasteiger partial charge >= 0.3 is 12.0 Å². The smallest absolute Gasteiger partial charge is 0.405 e. The zero-order valence-corrected chi connectivity index (χ0v) is 19.7. The molecule has 0 unspecified atom stereocenters. The molecular weight excluding hydrogens is 481 g/mol. The zero-order chi connectivity index (χ0) is 25.7. The fourth-order valence-corrected chi connectivity index (χ4v) is 4.92. The number of halogens is 3. The highest BCUT2D eigenvalue weighted by atomic mass is 19.4. The molecule has 1 aliphatic heterocycles. The van der Waals surface area contributed by atoms with Gasteiger partial charge in [0.25, 0.3) is 0 Å². The third-order valence-corrected chi connectivity index (χ3v) is 6.66. The van der Waals surface area contributed by atoms with Crippen LogP contribution in [0.2, 0.25) is 0 Å². The molecular formula is C23H29F3N6O4. The molecule has 0 amide bonds. The van der Waals surface area contributed by atoms with Crippen molar-refractivity contribution in [3.05, 3.63) is 45.6 Å². The number of nitrogen functional groups attached to an aromatic ring is 1. The predicted molar refractivity (Wildman–Crippen MR) is 125 cm³/mol. The van der Waals surface area contributed by atoms with Crippen LogP contribution in [-0.2, 0) is 17.7 Å². The van der Waals surface area contributed by atoms with Gasteiger partial charge in [-0.3, -0.25) is 15.0 Å². The van der Waals surface area contributed by atoms with E-state index in [1.54, 1.807) is 6.07 Å². The average Bonchev–Trinajstić information content (AvgIpc) is 2.83. The molecule has 13 heteroatoms. The summed E-state index contributed by atoms with van der Waals surface area (Å²) in [7, 11) is 0. The first kappa shape index (κ1) is 25.9. The van der Waals surface area contributed by atoms with Gasteiger partial charge in [0.05, 0.1) is 18.1 Å². The van der Waals surface area contributed by atoms with Crippen LogP contribution >= 0.6 is 0 Å². The van der Waals surface area contributed by atoms with E-state index in [4.69, 9.17) is 10.5 Å². The van der Waals surface area contributed by atoms with Crippen LogP contribution in [-0.4, -0.2) is 58.5 Å². The number of alkyl halides is 3. The van der Waals surface area contributed by atoms with Crippen molar-refractivity contribution >= 4 is 17.5 Å². The van der Waals surface area contributed by atoms with Gasteiger partial charge in [0.1, 0.15) is 11.4 Å². The summed E-state index contributed by atoms with van der Waals surface area (Å²) >= 11 is 0. The lowest BCUT2D eigenvalue weighted by Crippen LogP contribution is -2.45. The van der Waals surface area contributed by atoms with Gasteiger partial charge in [-0.25, -0.2) is 4.98 Å². The molecule has 0 radical (unpaired) electrons. The molecule has 2 fully saturated rings. The molecule has 0 bridgehead atoms. The Morgan fingerprint density at radius 3 is 2.53 bits per heavy atom. The minimum Gasteiger partial charge on any atom is -0.405 e. The van der Waals surface area contributed by atoms with E-state index in [-0.39, 0.29) is 46.9 Å². The topological polar surface area (TPSA) is 129 Å². The van der Waals surface area contributed by atoms with Crippen LogP contribution in [0.25, 0.3) is 0 Å². The van der Waals surface area contributed by atoms with Crippen LogP contribution in [0.5, 0.6) is 5.75 Å². The Labute approximate surface area is 206 Å². The maximum atomic E-state index is 12.7. The minimum absolute atomic E-state index is 0.0110. The highest BCUT2D eigenvalue weighted by Gasteiger charge is 2.32. The number of rotatable bonds is 8. The number of para-hydroxylation sites is 1. The summed E-state index contributed by atoms with van der Waals surface area (Å²) in [5.74, 6) is -0.417. The Bertz CT molecular complexity index is 1060. The van der Waals surface area contributed by atoms with Crippen LogP contribution < -0.4 is 15.8 Å². The van der Waals surface area contributed by atoms with Crippen molar-refractivity contribution in [2.45, 2.75) is 51.1 Å². The van der Waals surface area contributed by atoms with Gasteiger partial charge in [0.2, 0.25) is 11.8 Å². The maximum absolute atomic E-state index is 12.7. The fourth-order valence-electron chi connectivity index (χ4n) is 4.92.